The third-order valence-electron chi connectivity index (χ3n) is 5.50. The van der Waals surface area contributed by atoms with Crippen molar-refractivity contribution in [2.24, 2.45) is 5.92 Å². The topological polar surface area (TPSA) is 46.3 Å². The molecule has 0 saturated carbocycles. The van der Waals surface area contributed by atoms with Gasteiger partial charge in [-0.3, -0.25) is 4.79 Å². The smallest absolute Gasteiger partial charge is 0.222 e. The number of carbonyl (C=O) groups is 1. The summed E-state index contributed by atoms with van der Waals surface area (Å²) in [5.74, 6) is 1.37. The van der Waals surface area contributed by atoms with Gasteiger partial charge in [0.2, 0.25) is 5.91 Å². The summed E-state index contributed by atoms with van der Waals surface area (Å²) in [5.41, 5.74) is 9.26. The largest absolute Gasteiger partial charge is 0.399 e. The first-order chi connectivity index (χ1) is 12.2. The van der Waals surface area contributed by atoms with Crippen molar-refractivity contribution in [3.8, 4) is 0 Å². The number of carbonyl (C=O) groups excluding carboxylic acids is 1. The lowest BCUT2D eigenvalue weighted by molar-refractivity contribution is -0.133. The second-order valence-corrected chi connectivity index (χ2v) is 7.01. The molecule has 1 aliphatic rings. The van der Waals surface area contributed by atoms with Crippen LogP contribution in [0.5, 0.6) is 0 Å². The number of nitrogen functional groups attached to an aromatic ring is 1. The number of hydrogen-bond donors (Lipinski definition) is 1. The Hall–Kier alpha value is -2.29. The molecule has 1 fully saturated rings. The number of rotatable bonds is 5. The Labute approximate surface area is 150 Å². The quantitative estimate of drug-likeness (QED) is 0.830. The van der Waals surface area contributed by atoms with Crippen LogP contribution in [0.2, 0.25) is 0 Å². The summed E-state index contributed by atoms with van der Waals surface area (Å²) >= 11 is 0. The summed E-state index contributed by atoms with van der Waals surface area (Å²) in [7, 11) is 0. The van der Waals surface area contributed by atoms with E-state index >= 15 is 0 Å². The number of para-hydroxylation sites is 1. The Balaban J connectivity index is 1.59. The Morgan fingerprint density at radius 3 is 2.56 bits per heavy atom. The molecule has 2 aromatic carbocycles. The predicted octanol–water partition coefficient (Wildman–Crippen LogP) is 4.24. The first kappa shape index (κ1) is 17.5. The highest BCUT2D eigenvalue weighted by atomic mass is 16.2. The van der Waals surface area contributed by atoms with Gasteiger partial charge < -0.3 is 10.6 Å². The summed E-state index contributed by atoms with van der Waals surface area (Å²) in [5, 5.41) is 0. The van der Waals surface area contributed by atoms with Crippen molar-refractivity contribution < 1.29 is 4.79 Å². The molecule has 3 heteroatoms. The molecule has 2 aromatic rings. The molecule has 3 nitrogen and oxygen atoms in total. The van der Waals surface area contributed by atoms with Crippen molar-refractivity contribution >= 4 is 11.6 Å². The fourth-order valence-corrected chi connectivity index (χ4v) is 3.97. The van der Waals surface area contributed by atoms with Crippen LogP contribution in [0.4, 0.5) is 5.69 Å². The summed E-state index contributed by atoms with van der Waals surface area (Å²) in [6, 6.07) is 18.6. The third-order valence-corrected chi connectivity index (χ3v) is 5.50. The van der Waals surface area contributed by atoms with Crippen molar-refractivity contribution in [2.75, 3.05) is 18.8 Å². The number of benzene rings is 2. The van der Waals surface area contributed by atoms with Crippen molar-refractivity contribution in [3.05, 3.63) is 65.7 Å². The fraction of sp³-hybridized carbons (Fsp3) is 0.409. The Bertz CT molecular complexity index is 698. The van der Waals surface area contributed by atoms with Gasteiger partial charge in [-0.1, -0.05) is 61.9 Å². The zero-order chi connectivity index (χ0) is 17.6. The Morgan fingerprint density at radius 1 is 1.12 bits per heavy atom. The molecule has 25 heavy (non-hydrogen) atoms. The fourth-order valence-electron chi connectivity index (χ4n) is 3.97. The van der Waals surface area contributed by atoms with E-state index in [1.165, 1.54) is 5.56 Å². The first-order valence-corrected chi connectivity index (χ1v) is 9.35. The highest BCUT2D eigenvalue weighted by Crippen LogP contribution is 2.35. The molecule has 1 amide bonds. The molecule has 0 bridgehead atoms. The molecule has 2 unspecified atom stereocenters. The number of likely N-dealkylation sites (tertiary alicyclic amines) is 1. The van der Waals surface area contributed by atoms with Gasteiger partial charge in [0.25, 0.3) is 0 Å². The minimum Gasteiger partial charge on any atom is -0.399 e. The number of nitrogens with zero attached hydrogens (tertiary/aromatic N) is 1. The monoisotopic (exact) mass is 336 g/mol. The van der Waals surface area contributed by atoms with E-state index in [2.05, 4.69) is 42.2 Å². The van der Waals surface area contributed by atoms with Crippen LogP contribution in [0.15, 0.2) is 54.6 Å². The van der Waals surface area contributed by atoms with Gasteiger partial charge >= 0.3 is 0 Å². The lowest BCUT2D eigenvalue weighted by Gasteiger charge is -2.38. The molecule has 1 aliphatic heterocycles. The van der Waals surface area contributed by atoms with Gasteiger partial charge in [-0.05, 0) is 41.9 Å². The van der Waals surface area contributed by atoms with Crippen LogP contribution < -0.4 is 5.73 Å². The van der Waals surface area contributed by atoms with Gasteiger partial charge in [-0.2, -0.15) is 0 Å². The maximum absolute atomic E-state index is 12.7. The van der Waals surface area contributed by atoms with E-state index in [1.807, 2.05) is 24.3 Å². The second kappa shape index (κ2) is 8.19. The Kier molecular flexibility index (Phi) is 5.75. The number of amides is 1. The maximum Gasteiger partial charge on any atom is 0.222 e. The zero-order valence-electron chi connectivity index (χ0n) is 15.0. The van der Waals surface area contributed by atoms with Gasteiger partial charge in [0.15, 0.2) is 0 Å². The maximum atomic E-state index is 12.7. The van der Waals surface area contributed by atoms with Crippen molar-refractivity contribution in [3.63, 3.8) is 0 Å². The minimum absolute atomic E-state index is 0.258. The van der Waals surface area contributed by atoms with E-state index in [1.54, 1.807) is 0 Å². The summed E-state index contributed by atoms with van der Waals surface area (Å²) in [6.07, 6.45) is 3.43. The Morgan fingerprint density at radius 2 is 1.84 bits per heavy atom. The third kappa shape index (κ3) is 4.22. The molecular weight excluding hydrogens is 308 g/mol. The molecule has 2 atom stereocenters. The van der Waals surface area contributed by atoms with Gasteiger partial charge in [0.1, 0.15) is 0 Å². The lowest BCUT2D eigenvalue weighted by Crippen LogP contribution is -2.43. The normalized spacial score (nSPS) is 20.4. The predicted molar refractivity (Wildman–Crippen MR) is 103 cm³/mol. The molecule has 1 saturated heterocycles. The van der Waals surface area contributed by atoms with Crippen LogP contribution in [0.3, 0.4) is 0 Å². The van der Waals surface area contributed by atoms with Crippen molar-refractivity contribution in [2.45, 2.75) is 38.5 Å². The average molecular weight is 336 g/mol. The number of anilines is 1. The van der Waals surface area contributed by atoms with E-state index in [9.17, 15) is 4.79 Å². The van der Waals surface area contributed by atoms with E-state index in [-0.39, 0.29) is 5.91 Å². The number of aryl methyl sites for hydroxylation is 1. The summed E-state index contributed by atoms with van der Waals surface area (Å²) < 4.78 is 0. The molecule has 3 rings (SSSR count). The molecule has 132 valence electrons. The van der Waals surface area contributed by atoms with E-state index < -0.39 is 0 Å². The van der Waals surface area contributed by atoms with Crippen LogP contribution in [0.1, 0.15) is 43.2 Å². The van der Waals surface area contributed by atoms with Gasteiger partial charge in [-0.25, -0.2) is 0 Å². The molecule has 0 radical (unpaired) electrons. The molecule has 0 spiro atoms. The van der Waals surface area contributed by atoms with Crippen LogP contribution in [-0.4, -0.2) is 23.9 Å². The standard InChI is InChI=1S/C22H28N2O/c1-2-17-16-24(15-14-20(17)18-8-4-3-5-9-18)22(25)13-12-19-10-6-7-11-21(19)23/h3-11,17,20H,2,12-16,23H2,1H3. The van der Waals surface area contributed by atoms with E-state index in [4.69, 9.17) is 5.73 Å². The van der Waals surface area contributed by atoms with Crippen LogP contribution in [-0.2, 0) is 11.2 Å². The number of nitrogens with two attached hydrogens (primary N) is 1. The van der Waals surface area contributed by atoms with Gasteiger partial charge in [-0.15, -0.1) is 0 Å². The highest BCUT2D eigenvalue weighted by Gasteiger charge is 2.31. The van der Waals surface area contributed by atoms with Crippen LogP contribution in [0.25, 0.3) is 0 Å². The highest BCUT2D eigenvalue weighted by molar-refractivity contribution is 5.77. The second-order valence-electron chi connectivity index (χ2n) is 7.01. The number of hydrogen-bond acceptors (Lipinski definition) is 2. The first-order valence-electron chi connectivity index (χ1n) is 9.35. The molecule has 0 aromatic heterocycles. The van der Waals surface area contributed by atoms with Crippen molar-refractivity contribution in [1.29, 1.82) is 0 Å². The average Bonchev–Trinajstić information content (AvgIpc) is 2.67. The van der Waals surface area contributed by atoms with Crippen LogP contribution in [0, 0.1) is 5.92 Å². The summed E-state index contributed by atoms with van der Waals surface area (Å²) in [6.45, 7) is 3.97. The molecule has 1 heterocycles. The van der Waals surface area contributed by atoms with Crippen LogP contribution >= 0.6 is 0 Å². The van der Waals surface area contributed by atoms with E-state index in [0.29, 0.717) is 18.3 Å². The van der Waals surface area contributed by atoms with E-state index in [0.717, 1.165) is 43.6 Å². The molecular formula is C22H28N2O. The SMILES string of the molecule is CCC1CN(C(=O)CCc2ccccc2N)CCC1c1ccccc1. The van der Waals surface area contributed by atoms with Crippen molar-refractivity contribution in [1.82, 2.24) is 4.90 Å². The summed E-state index contributed by atoms with van der Waals surface area (Å²) in [4.78, 5) is 14.7. The lowest BCUT2D eigenvalue weighted by atomic mass is 9.79. The van der Waals surface area contributed by atoms with Gasteiger partial charge in [0, 0.05) is 25.2 Å². The minimum atomic E-state index is 0.258. The number of piperidine rings is 1. The zero-order valence-corrected chi connectivity index (χ0v) is 15.0. The molecule has 0 aliphatic carbocycles. The van der Waals surface area contributed by atoms with Gasteiger partial charge in [0.05, 0.1) is 0 Å². The molecule has 2 N–H and O–H groups in total.